The molecule has 3 N–H and O–H groups in total. The van der Waals surface area contributed by atoms with E-state index < -0.39 is 0 Å². The summed E-state index contributed by atoms with van der Waals surface area (Å²) >= 11 is 0. The summed E-state index contributed by atoms with van der Waals surface area (Å²) in [7, 11) is 1.58. The minimum atomic E-state index is -0.277. The molecule has 0 fully saturated rings. The molecular formula is C23H27N3O3. The van der Waals surface area contributed by atoms with Crippen LogP contribution in [0, 0.1) is 12.8 Å². The van der Waals surface area contributed by atoms with Crippen LogP contribution in [0.4, 0.5) is 5.69 Å². The number of carbonyl (C=O) groups is 3. The molecule has 0 bridgehead atoms. The van der Waals surface area contributed by atoms with Gasteiger partial charge in [-0.3, -0.25) is 14.4 Å². The Balaban J connectivity index is 1.98. The number of hydrogen-bond donors (Lipinski definition) is 3. The molecule has 0 unspecified atom stereocenters. The molecule has 0 radical (unpaired) electrons. The van der Waals surface area contributed by atoms with Crippen molar-refractivity contribution in [1.29, 1.82) is 0 Å². The van der Waals surface area contributed by atoms with Crippen LogP contribution in [0.2, 0.25) is 0 Å². The third kappa shape index (κ3) is 6.60. The Labute approximate surface area is 171 Å². The smallest absolute Gasteiger partial charge is 0.251 e. The normalized spacial score (nSPS) is 10.8. The molecule has 2 aromatic rings. The third-order valence-electron chi connectivity index (χ3n) is 4.24. The molecule has 0 aromatic heterocycles. The summed E-state index contributed by atoms with van der Waals surface area (Å²) in [4.78, 5) is 35.9. The van der Waals surface area contributed by atoms with Gasteiger partial charge in [-0.05, 0) is 60.4 Å². The predicted octanol–water partition coefficient (Wildman–Crippen LogP) is 3.39. The van der Waals surface area contributed by atoms with E-state index in [2.05, 4.69) is 16.0 Å². The average Bonchev–Trinajstić information content (AvgIpc) is 2.71. The van der Waals surface area contributed by atoms with Crippen molar-refractivity contribution in [3.8, 4) is 0 Å². The molecule has 0 aliphatic heterocycles. The Kier molecular flexibility index (Phi) is 7.71. The minimum Gasteiger partial charge on any atom is -0.355 e. The van der Waals surface area contributed by atoms with Gasteiger partial charge >= 0.3 is 0 Å². The van der Waals surface area contributed by atoms with E-state index in [0.29, 0.717) is 29.3 Å². The molecule has 0 heterocycles. The highest BCUT2D eigenvalue weighted by Crippen LogP contribution is 2.17. The molecule has 3 amide bonds. The van der Waals surface area contributed by atoms with Crippen molar-refractivity contribution in [2.75, 3.05) is 18.9 Å². The lowest BCUT2D eigenvalue weighted by atomic mass is 10.1. The van der Waals surface area contributed by atoms with Crippen molar-refractivity contribution in [3.05, 3.63) is 70.8 Å². The second kappa shape index (κ2) is 10.2. The molecular weight excluding hydrogens is 366 g/mol. The monoisotopic (exact) mass is 393 g/mol. The number of aryl methyl sites for hydroxylation is 1. The number of anilines is 1. The first-order chi connectivity index (χ1) is 13.8. The van der Waals surface area contributed by atoms with Gasteiger partial charge in [0.25, 0.3) is 11.8 Å². The van der Waals surface area contributed by atoms with Gasteiger partial charge in [0.2, 0.25) is 5.91 Å². The van der Waals surface area contributed by atoms with E-state index in [9.17, 15) is 14.4 Å². The van der Waals surface area contributed by atoms with Crippen molar-refractivity contribution in [2.45, 2.75) is 20.8 Å². The number of nitrogens with one attached hydrogen (secondary N) is 3. The van der Waals surface area contributed by atoms with E-state index in [1.807, 2.05) is 20.8 Å². The molecule has 6 nitrogen and oxygen atoms in total. The van der Waals surface area contributed by atoms with E-state index in [0.717, 1.165) is 11.1 Å². The quantitative estimate of drug-likeness (QED) is 0.630. The molecule has 0 aliphatic rings. The molecule has 0 saturated heterocycles. The van der Waals surface area contributed by atoms with E-state index in [1.54, 1.807) is 55.6 Å². The molecule has 0 aliphatic carbocycles. The molecule has 0 atom stereocenters. The molecule has 29 heavy (non-hydrogen) atoms. The second-order valence-corrected chi connectivity index (χ2v) is 7.16. The van der Waals surface area contributed by atoms with E-state index in [-0.39, 0.29) is 17.7 Å². The fraction of sp³-hybridized carbons (Fsp3) is 0.261. The highest BCUT2D eigenvalue weighted by atomic mass is 16.2. The summed E-state index contributed by atoms with van der Waals surface area (Å²) in [6, 6.07) is 12.1. The van der Waals surface area contributed by atoms with Crippen molar-refractivity contribution < 1.29 is 14.4 Å². The zero-order valence-electron chi connectivity index (χ0n) is 17.2. The van der Waals surface area contributed by atoms with Crippen LogP contribution in [0.15, 0.2) is 48.5 Å². The highest BCUT2D eigenvalue weighted by molar-refractivity contribution is 6.03. The van der Waals surface area contributed by atoms with Crippen LogP contribution in [0.1, 0.15) is 45.7 Å². The second-order valence-electron chi connectivity index (χ2n) is 7.16. The van der Waals surface area contributed by atoms with E-state index >= 15 is 0 Å². The Hall–Kier alpha value is -3.41. The van der Waals surface area contributed by atoms with Crippen molar-refractivity contribution in [1.82, 2.24) is 10.6 Å². The fourth-order valence-electron chi connectivity index (χ4n) is 2.58. The number of carbonyl (C=O) groups excluding carboxylic acids is 3. The van der Waals surface area contributed by atoms with Gasteiger partial charge in [-0.1, -0.05) is 26.0 Å². The predicted molar refractivity (Wildman–Crippen MR) is 116 cm³/mol. The van der Waals surface area contributed by atoms with Crippen molar-refractivity contribution in [2.24, 2.45) is 5.92 Å². The van der Waals surface area contributed by atoms with Gasteiger partial charge in [-0.15, -0.1) is 0 Å². The standard InChI is InChI=1S/C23H27N3O3/c1-15(2)14-25-23(29)19-10-11-20(16(3)13-19)26-21(27)12-7-17-5-8-18(9-6-17)22(28)24-4/h5-13,15H,14H2,1-4H3,(H,24,28)(H,25,29)(H,26,27)/b12-7+. The summed E-state index contributed by atoms with van der Waals surface area (Å²) in [6.45, 7) is 6.53. The zero-order chi connectivity index (χ0) is 21.4. The molecule has 2 aromatic carbocycles. The molecule has 0 spiro atoms. The van der Waals surface area contributed by atoms with Gasteiger partial charge in [0, 0.05) is 36.5 Å². The number of amides is 3. The van der Waals surface area contributed by atoms with Crippen LogP contribution in [-0.4, -0.2) is 31.3 Å². The van der Waals surface area contributed by atoms with Crippen LogP contribution < -0.4 is 16.0 Å². The largest absolute Gasteiger partial charge is 0.355 e. The minimum absolute atomic E-state index is 0.125. The van der Waals surface area contributed by atoms with Crippen molar-refractivity contribution in [3.63, 3.8) is 0 Å². The van der Waals surface area contributed by atoms with Crippen molar-refractivity contribution >= 4 is 29.5 Å². The lowest BCUT2D eigenvalue weighted by Crippen LogP contribution is -2.27. The number of rotatable bonds is 7. The van der Waals surface area contributed by atoms with Gasteiger partial charge in [0.05, 0.1) is 0 Å². The topological polar surface area (TPSA) is 87.3 Å². The number of benzene rings is 2. The summed E-state index contributed by atoms with van der Waals surface area (Å²) in [6.07, 6.45) is 3.10. The summed E-state index contributed by atoms with van der Waals surface area (Å²) in [5.74, 6) is -0.180. The average molecular weight is 393 g/mol. The van der Waals surface area contributed by atoms with E-state index in [1.165, 1.54) is 6.08 Å². The first-order valence-electron chi connectivity index (χ1n) is 9.50. The third-order valence-corrected chi connectivity index (χ3v) is 4.24. The first-order valence-corrected chi connectivity index (χ1v) is 9.50. The Morgan fingerprint density at radius 2 is 1.62 bits per heavy atom. The van der Waals surface area contributed by atoms with Crippen LogP contribution in [-0.2, 0) is 4.79 Å². The lowest BCUT2D eigenvalue weighted by molar-refractivity contribution is -0.111. The van der Waals surface area contributed by atoms with Crippen LogP contribution in [0.5, 0.6) is 0 Å². The molecule has 2 rings (SSSR count). The summed E-state index contributed by atoms with van der Waals surface area (Å²) in [5, 5.41) is 8.25. The zero-order valence-corrected chi connectivity index (χ0v) is 17.2. The van der Waals surface area contributed by atoms with Crippen LogP contribution in [0.25, 0.3) is 6.08 Å². The van der Waals surface area contributed by atoms with Gasteiger partial charge in [-0.2, -0.15) is 0 Å². The maximum absolute atomic E-state index is 12.2. The Bertz CT molecular complexity index is 915. The maximum Gasteiger partial charge on any atom is 0.251 e. The SMILES string of the molecule is CNC(=O)c1ccc(/C=C/C(=O)Nc2ccc(C(=O)NCC(C)C)cc2C)cc1. The highest BCUT2D eigenvalue weighted by Gasteiger charge is 2.09. The molecule has 6 heteroatoms. The van der Waals surface area contributed by atoms with Gasteiger partial charge in [0.15, 0.2) is 0 Å². The fourth-order valence-corrected chi connectivity index (χ4v) is 2.58. The Morgan fingerprint density at radius 1 is 0.966 bits per heavy atom. The van der Waals surface area contributed by atoms with Crippen LogP contribution in [0.3, 0.4) is 0 Å². The lowest BCUT2D eigenvalue weighted by Gasteiger charge is -2.11. The summed E-state index contributed by atoms with van der Waals surface area (Å²) in [5.41, 5.74) is 3.38. The van der Waals surface area contributed by atoms with Gasteiger partial charge < -0.3 is 16.0 Å². The number of hydrogen-bond acceptors (Lipinski definition) is 3. The molecule has 152 valence electrons. The Morgan fingerprint density at radius 3 is 2.21 bits per heavy atom. The maximum atomic E-state index is 12.2. The van der Waals surface area contributed by atoms with Gasteiger partial charge in [0.1, 0.15) is 0 Å². The molecule has 0 saturated carbocycles. The first kappa shape index (κ1) is 21.9. The summed E-state index contributed by atoms with van der Waals surface area (Å²) < 4.78 is 0. The van der Waals surface area contributed by atoms with Gasteiger partial charge in [-0.25, -0.2) is 0 Å². The van der Waals surface area contributed by atoms with Crippen LogP contribution >= 0.6 is 0 Å². The van der Waals surface area contributed by atoms with E-state index in [4.69, 9.17) is 0 Å².